The first-order valence-corrected chi connectivity index (χ1v) is 6.07. The summed E-state index contributed by atoms with van der Waals surface area (Å²) >= 11 is 0. The fraction of sp³-hybridized carbons (Fsp3) is 0.500. The molecule has 116 valence electrons. The van der Waals surface area contributed by atoms with Gasteiger partial charge >= 0.3 is 6.18 Å². The number of carbonyl (C=O) groups is 1. The summed E-state index contributed by atoms with van der Waals surface area (Å²) in [5.74, 6) is -2.32. The fourth-order valence-corrected chi connectivity index (χ4v) is 1.69. The highest BCUT2D eigenvalue weighted by molar-refractivity contribution is 5.81. The minimum Gasteiger partial charge on any atom is -0.280 e. The summed E-state index contributed by atoms with van der Waals surface area (Å²) in [6, 6.07) is 0.338. The van der Waals surface area contributed by atoms with E-state index in [0.717, 1.165) is 5.01 Å². The Labute approximate surface area is 116 Å². The topological polar surface area (TPSA) is 45.2 Å². The number of aromatic nitrogens is 1. The Kier molecular flexibility index (Phi) is 4.13. The normalized spacial score (nSPS) is 21.2. The highest BCUT2D eigenvalue weighted by Crippen LogP contribution is 2.34. The quantitative estimate of drug-likeness (QED) is 0.684. The molecule has 1 saturated carbocycles. The van der Waals surface area contributed by atoms with Gasteiger partial charge in [-0.1, -0.05) is 0 Å². The molecule has 0 aromatic carbocycles. The number of pyridine rings is 1. The SMILES string of the molecule is CN(NCc1ncc(C(F)(F)F)cc1F)C(=O)[C@H]1C[C@H]1F. The molecule has 1 N–H and O–H groups in total. The largest absolute Gasteiger partial charge is 0.417 e. The summed E-state index contributed by atoms with van der Waals surface area (Å²) in [7, 11) is 1.33. The van der Waals surface area contributed by atoms with E-state index in [4.69, 9.17) is 0 Å². The number of nitrogens with zero attached hydrogens (tertiary/aromatic N) is 2. The molecule has 2 atom stereocenters. The van der Waals surface area contributed by atoms with Gasteiger partial charge in [-0.25, -0.2) is 14.2 Å². The number of halogens is 5. The number of hydrazine groups is 1. The number of hydrogen-bond acceptors (Lipinski definition) is 3. The third-order valence-electron chi connectivity index (χ3n) is 3.09. The summed E-state index contributed by atoms with van der Waals surface area (Å²) < 4.78 is 63.2. The predicted molar refractivity (Wildman–Crippen MR) is 61.8 cm³/mol. The first-order valence-electron chi connectivity index (χ1n) is 6.07. The first kappa shape index (κ1) is 15.6. The van der Waals surface area contributed by atoms with Crippen molar-refractivity contribution in [2.24, 2.45) is 5.92 Å². The number of carbonyl (C=O) groups excluding carboxylic acids is 1. The molecule has 1 aliphatic rings. The molecule has 1 amide bonds. The van der Waals surface area contributed by atoms with Gasteiger partial charge in [0.15, 0.2) is 0 Å². The Morgan fingerprint density at radius 2 is 2.14 bits per heavy atom. The van der Waals surface area contributed by atoms with E-state index >= 15 is 0 Å². The maximum atomic E-state index is 13.5. The lowest BCUT2D eigenvalue weighted by atomic mass is 10.2. The Balaban J connectivity index is 1.96. The molecule has 1 fully saturated rings. The van der Waals surface area contributed by atoms with Crippen molar-refractivity contribution in [2.45, 2.75) is 25.3 Å². The fourth-order valence-electron chi connectivity index (χ4n) is 1.69. The molecule has 9 heteroatoms. The molecular formula is C12H12F5N3O. The average Bonchev–Trinajstić information content (AvgIpc) is 3.12. The highest BCUT2D eigenvalue weighted by atomic mass is 19.4. The first-order chi connectivity index (χ1) is 9.70. The maximum absolute atomic E-state index is 13.5. The second kappa shape index (κ2) is 5.55. The zero-order valence-corrected chi connectivity index (χ0v) is 10.9. The van der Waals surface area contributed by atoms with Crippen LogP contribution in [0.5, 0.6) is 0 Å². The van der Waals surface area contributed by atoms with Crippen LogP contribution in [0.2, 0.25) is 0 Å². The van der Waals surface area contributed by atoms with Gasteiger partial charge in [-0.3, -0.25) is 14.8 Å². The van der Waals surface area contributed by atoms with Crippen molar-refractivity contribution in [1.82, 2.24) is 15.4 Å². The van der Waals surface area contributed by atoms with Crippen molar-refractivity contribution in [1.29, 1.82) is 0 Å². The van der Waals surface area contributed by atoms with Crippen LogP contribution in [-0.2, 0) is 17.5 Å². The minimum atomic E-state index is -4.67. The van der Waals surface area contributed by atoms with Crippen LogP contribution in [0.15, 0.2) is 12.3 Å². The van der Waals surface area contributed by atoms with Crippen molar-refractivity contribution < 1.29 is 26.7 Å². The molecular weight excluding hydrogens is 297 g/mol. The Bertz CT molecular complexity index is 548. The third-order valence-corrected chi connectivity index (χ3v) is 3.09. The van der Waals surface area contributed by atoms with Crippen molar-refractivity contribution in [3.05, 3.63) is 29.3 Å². The molecule has 21 heavy (non-hydrogen) atoms. The predicted octanol–water partition coefficient (Wildman–Crippen LogP) is 2.06. The van der Waals surface area contributed by atoms with Gasteiger partial charge in [0, 0.05) is 13.2 Å². The lowest BCUT2D eigenvalue weighted by molar-refractivity contribution is -0.138. The standard InChI is InChI=1S/C12H12F5N3O/c1-20(11(21)7-3-8(7)13)19-5-10-9(14)2-6(4-18-10)12(15,16)17/h2,4,7-8,19H,3,5H2,1H3/t7-,8+/m0/s1. The van der Waals surface area contributed by atoms with E-state index in [1.807, 2.05) is 0 Å². The summed E-state index contributed by atoms with van der Waals surface area (Å²) in [6.07, 6.45) is -5.17. The second-order valence-corrected chi connectivity index (χ2v) is 4.74. The smallest absolute Gasteiger partial charge is 0.280 e. The number of alkyl halides is 4. The van der Waals surface area contributed by atoms with Crippen molar-refractivity contribution in [3.63, 3.8) is 0 Å². The van der Waals surface area contributed by atoms with Gasteiger partial charge in [-0.2, -0.15) is 13.2 Å². The van der Waals surface area contributed by atoms with E-state index < -0.39 is 35.6 Å². The Morgan fingerprint density at radius 3 is 2.62 bits per heavy atom. The molecule has 1 aliphatic carbocycles. The van der Waals surface area contributed by atoms with Crippen LogP contribution in [-0.4, -0.2) is 29.1 Å². The zero-order chi connectivity index (χ0) is 15.8. The second-order valence-electron chi connectivity index (χ2n) is 4.74. The summed E-state index contributed by atoms with van der Waals surface area (Å²) in [5.41, 5.74) is 1.02. The molecule has 0 spiro atoms. The highest BCUT2D eigenvalue weighted by Gasteiger charge is 2.45. The van der Waals surface area contributed by atoms with E-state index in [9.17, 15) is 26.7 Å². The van der Waals surface area contributed by atoms with Gasteiger partial charge in [0.05, 0.1) is 23.7 Å². The summed E-state index contributed by atoms with van der Waals surface area (Å²) in [5, 5.41) is 0.989. The van der Waals surface area contributed by atoms with E-state index in [0.29, 0.717) is 12.3 Å². The summed E-state index contributed by atoms with van der Waals surface area (Å²) in [6.45, 7) is -0.282. The molecule has 1 aromatic heterocycles. The van der Waals surface area contributed by atoms with Crippen LogP contribution in [0.3, 0.4) is 0 Å². The molecule has 4 nitrogen and oxygen atoms in total. The number of hydrogen-bond donors (Lipinski definition) is 1. The van der Waals surface area contributed by atoms with Gasteiger partial charge < -0.3 is 0 Å². The lowest BCUT2D eigenvalue weighted by Crippen LogP contribution is -2.40. The van der Waals surface area contributed by atoms with E-state index in [-0.39, 0.29) is 18.7 Å². The van der Waals surface area contributed by atoms with Crippen LogP contribution >= 0.6 is 0 Å². The van der Waals surface area contributed by atoms with E-state index in [1.165, 1.54) is 7.05 Å². The molecule has 1 aromatic rings. The Morgan fingerprint density at radius 1 is 1.52 bits per heavy atom. The van der Waals surface area contributed by atoms with Crippen molar-refractivity contribution >= 4 is 5.91 Å². The molecule has 0 saturated heterocycles. The molecule has 0 bridgehead atoms. The van der Waals surface area contributed by atoms with Crippen LogP contribution in [0.1, 0.15) is 17.7 Å². The van der Waals surface area contributed by atoms with Crippen molar-refractivity contribution in [2.75, 3.05) is 7.05 Å². The van der Waals surface area contributed by atoms with Crippen LogP contribution < -0.4 is 5.43 Å². The lowest BCUT2D eigenvalue weighted by Gasteiger charge is -2.18. The van der Waals surface area contributed by atoms with Crippen LogP contribution in [0.25, 0.3) is 0 Å². The number of amides is 1. The average molecular weight is 309 g/mol. The maximum Gasteiger partial charge on any atom is 0.417 e. The van der Waals surface area contributed by atoms with Gasteiger partial charge in [-0.05, 0) is 12.5 Å². The van der Waals surface area contributed by atoms with Crippen LogP contribution in [0, 0.1) is 11.7 Å². The number of nitrogens with one attached hydrogen (secondary N) is 1. The van der Waals surface area contributed by atoms with Gasteiger partial charge in [0.2, 0.25) is 5.91 Å². The van der Waals surface area contributed by atoms with E-state index in [2.05, 4.69) is 10.4 Å². The zero-order valence-electron chi connectivity index (χ0n) is 10.9. The monoisotopic (exact) mass is 309 g/mol. The van der Waals surface area contributed by atoms with Gasteiger partial charge in [-0.15, -0.1) is 0 Å². The Hall–Kier alpha value is -1.77. The third kappa shape index (κ3) is 3.66. The number of rotatable bonds is 4. The van der Waals surface area contributed by atoms with E-state index in [1.54, 1.807) is 0 Å². The van der Waals surface area contributed by atoms with Gasteiger partial charge in [0.25, 0.3) is 0 Å². The molecule has 0 aliphatic heterocycles. The molecule has 0 unspecified atom stereocenters. The van der Waals surface area contributed by atoms with Gasteiger partial charge in [0.1, 0.15) is 12.0 Å². The minimum absolute atomic E-state index is 0.151. The molecule has 2 rings (SSSR count). The molecule has 0 radical (unpaired) electrons. The van der Waals surface area contributed by atoms with Crippen molar-refractivity contribution in [3.8, 4) is 0 Å². The summed E-state index contributed by atoms with van der Waals surface area (Å²) in [4.78, 5) is 14.9. The van der Waals surface area contributed by atoms with Crippen LogP contribution in [0.4, 0.5) is 22.0 Å². The molecule has 1 heterocycles.